The summed E-state index contributed by atoms with van der Waals surface area (Å²) >= 11 is 8.53. The Balaban J connectivity index is 1.25. The minimum atomic E-state index is -5.87. The molecule has 12 nitrogen and oxygen atoms in total. The molecule has 0 spiro atoms. The second kappa shape index (κ2) is 19.5. The number of nitrogens with one attached hydrogen (secondary N) is 1. The molecule has 63 heavy (non-hydrogen) atoms. The third-order valence-electron chi connectivity index (χ3n) is 10.8. The van der Waals surface area contributed by atoms with E-state index in [2.05, 4.69) is 5.10 Å². The summed E-state index contributed by atoms with van der Waals surface area (Å²) in [4.78, 5) is 14.6. The van der Waals surface area contributed by atoms with E-state index in [-0.39, 0.29) is 47.8 Å². The molecule has 7 rings (SSSR count). The first kappa shape index (κ1) is 46.2. The van der Waals surface area contributed by atoms with Crippen molar-refractivity contribution in [2.24, 2.45) is 7.05 Å². The number of halogens is 5. The van der Waals surface area contributed by atoms with Crippen molar-refractivity contribution in [3.63, 3.8) is 0 Å². The van der Waals surface area contributed by atoms with Crippen LogP contribution in [0.2, 0.25) is 5.02 Å². The second-order valence-electron chi connectivity index (χ2n) is 14.8. The highest BCUT2D eigenvalue weighted by atomic mass is 35.5. The maximum Gasteiger partial charge on any atom is 0.511 e. The Labute approximate surface area is 370 Å². The fourth-order valence-corrected chi connectivity index (χ4v) is 9.30. The molecule has 19 heteroatoms. The lowest BCUT2D eigenvalue weighted by Crippen LogP contribution is -2.36. The van der Waals surface area contributed by atoms with Crippen LogP contribution >= 0.6 is 23.4 Å². The molecule has 1 aliphatic heterocycles. The molecule has 336 valence electrons. The van der Waals surface area contributed by atoms with Crippen LogP contribution < -0.4 is 14.2 Å². The lowest BCUT2D eigenvalue weighted by atomic mass is 9.96. The van der Waals surface area contributed by atoms with Gasteiger partial charge in [0.25, 0.3) is 0 Å². The van der Waals surface area contributed by atoms with Gasteiger partial charge in [0.05, 0.1) is 33.1 Å². The molecular weight excluding hydrogens is 888 g/mol. The van der Waals surface area contributed by atoms with E-state index in [4.69, 9.17) is 35.3 Å². The normalized spacial score (nSPS) is 14.7. The SMILES string of the molecule is COC(=O)c1c(CNS(=O)(=O)C(F)(F)F)c2c(-c3c(COC4CCCCO4)nn(C)c3C)c(Cl)ccc2n1CCCOc1cc(SCc2ccc(OC)cc2)cc2cc(F)ccc12. The standard InChI is InChI=1S/C44H45ClF4N4O8S2/c1-26-39(35(51-52(26)2)24-61-38-8-5-6-18-60-38)41-34(45)15-16-36-40(41)33(23-50-63(55,56)44(47,48)49)42(43(54)58-4)53(36)17-7-19-59-37-22-31(21-28-20-29(46)11-14-32(28)37)62-25-27-9-12-30(57-3)13-10-27/h9-16,20-22,38,50H,5-8,17-19,23-25H2,1-4H3. The van der Waals surface area contributed by atoms with Crippen molar-refractivity contribution in [2.45, 2.75) is 74.8 Å². The van der Waals surface area contributed by atoms with Gasteiger partial charge in [-0.15, -0.1) is 11.8 Å². The molecule has 3 heterocycles. The van der Waals surface area contributed by atoms with Crippen LogP contribution in [0.4, 0.5) is 17.6 Å². The number of hydrogen-bond acceptors (Lipinski definition) is 10. The van der Waals surface area contributed by atoms with Crippen LogP contribution in [0.3, 0.4) is 0 Å². The molecule has 0 bridgehead atoms. The Kier molecular flexibility index (Phi) is 14.3. The highest BCUT2D eigenvalue weighted by Gasteiger charge is 2.46. The van der Waals surface area contributed by atoms with Crippen molar-refractivity contribution >= 4 is 61.0 Å². The topological polar surface area (TPSA) is 132 Å². The zero-order valence-electron chi connectivity index (χ0n) is 34.8. The molecule has 1 fully saturated rings. The molecule has 0 aliphatic carbocycles. The molecular formula is C44H45ClF4N4O8S2. The van der Waals surface area contributed by atoms with E-state index >= 15 is 0 Å². The van der Waals surface area contributed by atoms with Crippen molar-refractivity contribution in [3.05, 3.63) is 106 Å². The zero-order chi connectivity index (χ0) is 45.1. The van der Waals surface area contributed by atoms with Gasteiger partial charge in [0.2, 0.25) is 0 Å². The molecule has 1 atom stereocenters. The number of rotatable bonds is 17. The highest BCUT2D eigenvalue weighted by Crippen LogP contribution is 2.43. The molecule has 1 saturated heterocycles. The van der Waals surface area contributed by atoms with Crippen molar-refractivity contribution in [2.75, 3.05) is 27.4 Å². The maximum atomic E-state index is 14.5. The van der Waals surface area contributed by atoms with Gasteiger partial charge in [-0.05, 0) is 98.2 Å². The first-order valence-electron chi connectivity index (χ1n) is 20.0. The summed E-state index contributed by atoms with van der Waals surface area (Å²) < 4.78 is 114. The van der Waals surface area contributed by atoms with Gasteiger partial charge >= 0.3 is 21.5 Å². The van der Waals surface area contributed by atoms with E-state index in [0.717, 1.165) is 36.2 Å². The van der Waals surface area contributed by atoms with Gasteiger partial charge in [0.1, 0.15) is 23.0 Å². The first-order valence-corrected chi connectivity index (χ1v) is 22.8. The van der Waals surface area contributed by atoms with Crippen molar-refractivity contribution in [3.8, 4) is 22.6 Å². The molecule has 4 aromatic carbocycles. The predicted molar refractivity (Wildman–Crippen MR) is 232 cm³/mol. The van der Waals surface area contributed by atoms with Crippen LogP contribution in [0.1, 0.15) is 58.7 Å². The molecule has 2 aromatic heterocycles. The number of nitrogens with zero attached hydrogens (tertiary/aromatic N) is 3. The molecule has 0 amide bonds. The lowest BCUT2D eigenvalue weighted by Gasteiger charge is -2.22. The number of hydrogen-bond donors (Lipinski definition) is 1. The van der Waals surface area contributed by atoms with E-state index in [9.17, 15) is 30.8 Å². The second-order valence-corrected chi connectivity index (χ2v) is 18.0. The van der Waals surface area contributed by atoms with Crippen LogP contribution in [-0.2, 0) is 56.7 Å². The Morgan fingerprint density at radius 2 is 1.83 bits per heavy atom. The van der Waals surface area contributed by atoms with E-state index < -0.39 is 40.2 Å². The zero-order valence-corrected chi connectivity index (χ0v) is 37.2. The monoisotopic (exact) mass is 932 g/mol. The average molecular weight is 933 g/mol. The van der Waals surface area contributed by atoms with E-state index in [1.165, 1.54) is 12.1 Å². The van der Waals surface area contributed by atoms with E-state index in [0.29, 0.717) is 63.3 Å². The third kappa shape index (κ3) is 10.1. The number of sulfonamides is 1. The van der Waals surface area contributed by atoms with Gasteiger partial charge in [0.15, 0.2) is 6.29 Å². The van der Waals surface area contributed by atoms with Gasteiger partial charge < -0.3 is 28.3 Å². The number of aromatic nitrogens is 3. The number of methoxy groups -OCH3 is 2. The third-order valence-corrected chi connectivity index (χ3v) is 13.3. The first-order chi connectivity index (χ1) is 30.1. The van der Waals surface area contributed by atoms with Gasteiger partial charge in [-0.1, -0.05) is 23.7 Å². The number of carbonyl (C=O) groups is 1. The Bertz CT molecular complexity index is 2740. The maximum absolute atomic E-state index is 14.5. The minimum Gasteiger partial charge on any atom is -0.497 e. The number of alkyl halides is 3. The average Bonchev–Trinajstić information content (AvgIpc) is 3.73. The van der Waals surface area contributed by atoms with Crippen LogP contribution in [0.25, 0.3) is 32.8 Å². The highest BCUT2D eigenvalue weighted by molar-refractivity contribution is 7.98. The summed E-state index contributed by atoms with van der Waals surface area (Å²) in [5.74, 6) is 0.518. The minimum absolute atomic E-state index is 0.00511. The lowest BCUT2D eigenvalue weighted by molar-refractivity contribution is -0.169. The molecule has 0 saturated carbocycles. The molecule has 1 unspecified atom stereocenters. The molecule has 0 radical (unpaired) electrons. The Hall–Kier alpha value is -4.85. The Morgan fingerprint density at radius 1 is 1.05 bits per heavy atom. The van der Waals surface area contributed by atoms with Gasteiger partial charge in [-0.3, -0.25) is 4.68 Å². The number of benzene rings is 4. The number of ether oxygens (including phenoxy) is 5. The smallest absolute Gasteiger partial charge is 0.497 e. The van der Waals surface area contributed by atoms with E-state index in [1.54, 1.807) is 65.0 Å². The summed E-state index contributed by atoms with van der Waals surface area (Å²) in [5, 5.41) is 6.36. The summed E-state index contributed by atoms with van der Waals surface area (Å²) in [6.45, 7) is 1.53. The summed E-state index contributed by atoms with van der Waals surface area (Å²) in [5.41, 5.74) is -2.64. The fourth-order valence-electron chi connectivity index (χ4n) is 7.62. The molecule has 1 aliphatic rings. The van der Waals surface area contributed by atoms with Crippen molar-refractivity contribution in [1.29, 1.82) is 0 Å². The Morgan fingerprint density at radius 3 is 2.52 bits per heavy atom. The molecule has 6 aromatic rings. The van der Waals surface area contributed by atoms with Gasteiger partial charge in [-0.2, -0.15) is 18.3 Å². The van der Waals surface area contributed by atoms with Gasteiger partial charge in [-0.25, -0.2) is 22.3 Å². The molecule has 1 N–H and O–H groups in total. The fraction of sp³-hybridized carbons (Fsp3) is 0.364. The van der Waals surface area contributed by atoms with Crippen LogP contribution in [0.5, 0.6) is 11.5 Å². The van der Waals surface area contributed by atoms with E-state index in [1.807, 2.05) is 36.4 Å². The van der Waals surface area contributed by atoms with Crippen LogP contribution in [-0.4, -0.2) is 68.0 Å². The van der Waals surface area contributed by atoms with Crippen molar-refractivity contribution in [1.82, 2.24) is 19.1 Å². The number of esters is 1. The van der Waals surface area contributed by atoms with Crippen molar-refractivity contribution < 1.29 is 54.5 Å². The number of thioether (sulfide) groups is 1. The number of carbonyl (C=O) groups excluding carboxylic acids is 1. The number of fused-ring (bicyclic) bond motifs is 2. The van der Waals surface area contributed by atoms with Crippen LogP contribution in [0.15, 0.2) is 71.6 Å². The number of aryl methyl sites for hydroxylation is 2. The summed E-state index contributed by atoms with van der Waals surface area (Å²) in [6, 6.07) is 19.0. The predicted octanol–water partition coefficient (Wildman–Crippen LogP) is 9.83. The van der Waals surface area contributed by atoms with Gasteiger partial charge in [0, 0.05) is 81.1 Å². The summed E-state index contributed by atoms with van der Waals surface area (Å²) in [6.07, 6.45) is 2.29. The van der Waals surface area contributed by atoms with Crippen LogP contribution in [0, 0.1) is 12.7 Å². The largest absolute Gasteiger partial charge is 0.511 e. The quantitative estimate of drug-likeness (QED) is 0.0408. The summed E-state index contributed by atoms with van der Waals surface area (Å²) in [7, 11) is -1.44.